The van der Waals surface area contributed by atoms with Gasteiger partial charge in [-0.1, -0.05) is 90.0 Å². The fraction of sp³-hybridized carbons (Fsp3) is 0.903. The average molecular weight is 524 g/mol. The fourth-order valence-corrected chi connectivity index (χ4v) is 5.76. The van der Waals surface area contributed by atoms with Gasteiger partial charge in [0.2, 0.25) is 0 Å². The number of rotatable bonds is 20. The summed E-state index contributed by atoms with van der Waals surface area (Å²) in [7, 11) is 0. The van der Waals surface area contributed by atoms with E-state index in [1.54, 1.807) is 6.92 Å². The third kappa shape index (κ3) is 12.4. The average Bonchev–Trinajstić information content (AvgIpc) is 2.85. The highest BCUT2D eigenvalue weighted by molar-refractivity contribution is 5.69. The Hall–Kier alpha value is -1.27. The van der Waals surface area contributed by atoms with Gasteiger partial charge in [-0.05, 0) is 69.6 Å². The number of aliphatic hydroxyl groups is 1. The number of nitrogens with zero attached hydrogens (tertiary/aromatic N) is 1. The Kier molecular flexibility index (Phi) is 15.8. The van der Waals surface area contributed by atoms with Crippen molar-refractivity contribution in [3.63, 3.8) is 0 Å². The topological polar surface area (TPSA) is 96.2 Å². The molecule has 1 aliphatic carbocycles. The van der Waals surface area contributed by atoms with Gasteiger partial charge < -0.3 is 14.9 Å². The zero-order valence-electron chi connectivity index (χ0n) is 24.9. The van der Waals surface area contributed by atoms with Crippen LogP contribution in [0.25, 0.3) is 0 Å². The van der Waals surface area contributed by atoms with E-state index < -0.39 is 11.5 Å². The summed E-state index contributed by atoms with van der Waals surface area (Å²) >= 11 is 0. The molecule has 0 aromatic rings. The highest BCUT2D eigenvalue weighted by atomic mass is 16.5. The van der Waals surface area contributed by atoms with Crippen molar-refractivity contribution in [2.24, 2.45) is 40.7 Å². The summed E-state index contributed by atoms with van der Waals surface area (Å²) in [4.78, 5) is 22.5. The second-order valence-corrected chi connectivity index (χ2v) is 12.5. The van der Waals surface area contributed by atoms with Crippen LogP contribution in [0.5, 0.6) is 0 Å². The van der Waals surface area contributed by atoms with E-state index in [1.807, 2.05) is 13.8 Å². The van der Waals surface area contributed by atoms with E-state index >= 15 is 0 Å². The molecule has 0 aromatic heterocycles. The minimum Gasteiger partial charge on any atom is -0.481 e. The molecule has 0 aliphatic heterocycles. The molecule has 0 saturated carbocycles. The number of carboxylic acid groups (broad SMARTS) is 1. The van der Waals surface area contributed by atoms with Crippen LogP contribution in [0.3, 0.4) is 0 Å². The van der Waals surface area contributed by atoms with E-state index in [2.05, 4.69) is 38.9 Å². The van der Waals surface area contributed by atoms with Crippen LogP contribution in [-0.4, -0.2) is 41.0 Å². The van der Waals surface area contributed by atoms with Crippen molar-refractivity contribution in [1.29, 1.82) is 0 Å². The molecule has 0 fully saturated rings. The summed E-state index contributed by atoms with van der Waals surface area (Å²) in [5.74, 6) is 1.26. The van der Waals surface area contributed by atoms with Crippen molar-refractivity contribution < 1.29 is 19.7 Å². The van der Waals surface area contributed by atoms with Crippen molar-refractivity contribution in [2.45, 2.75) is 131 Å². The number of hydrogen-bond donors (Lipinski definition) is 2. The lowest BCUT2D eigenvalue weighted by molar-refractivity contribution is -0.141. The number of carbonyl (C=O) groups is 1. The molecule has 0 amide bonds. The van der Waals surface area contributed by atoms with Crippen molar-refractivity contribution in [3.05, 3.63) is 16.6 Å². The van der Waals surface area contributed by atoms with Gasteiger partial charge in [-0.15, -0.1) is 0 Å². The molecule has 216 valence electrons. The highest BCUT2D eigenvalue weighted by Gasteiger charge is 2.34. The Labute approximate surface area is 227 Å². The second-order valence-electron chi connectivity index (χ2n) is 12.5. The quantitative estimate of drug-likeness (QED) is 0.124. The first-order chi connectivity index (χ1) is 17.4. The first-order valence-electron chi connectivity index (χ1n) is 15.0. The molecule has 0 aromatic carbocycles. The molecule has 6 heteroatoms. The largest absolute Gasteiger partial charge is 0.481 e. The van der Waals surface area contributed by atoms with Crippen molar-refractivity contribution in [1.82, 2.24) is 0 Å². The molecule has 0 bridgehead atoms. The molecule has 8 unspecified atom stereocenters. The molecule has 0 radical (unpaired) electrons. The van der Waals surface area contributed by atoms with Crippen LogP contribution in [0.15, 0.2) is 16.8 Å². The molecule has 1 aliphatic rings. The zero-order chi connectivity index (χ0) is 28.0. The van der Waals surface area contributed by atoms with Gasteiger partial charge in [0.15, 0.2) is 0 Å². The number of aliphatic hydroxyl groups excluding tert-OH is 1. The van der Waals surface area contributed by atoms with Crippen LogP contribution in [-0.2, 0) is 9.53 Å². The Morgan fingerprint density at radius 2 is 1.57 bits per heavy atom. The summed E-state index contributed by atoms with van der Waals surface area (Å²) in [6.45, 7) is 16.2. The smallest absolute Gasteiger partial charge is 0.306 e. The number of aliphatic carboxylic acids is 1. The Morgan fingerprint density at radius 1 is 1.00 bits per heavy atom. The van der Waals surface area contributed by atoms with Gasteiger partial charge in [0, 0.05) is 12.5 Å². The third-order valence-corrected chi connectivity index (χ3v) is 9.09. The fourth-order valence-electron chi connectivity index (χ4n) is 5.76. The van der Waals surface area contributed by atoms with Gasteiger partial charge in [0.25, 0.3) is 0 Å². The van der Waals surface area contributed by atoms with Gasteiger partial charge >= 0.3 is 5.97 Å². The van der Waals surface area contributed by atoms with Crippen LogP contribution in [0.2, 0.25) is 0 Å². The maximum atomic E-state index is 11.5. The lowest BCUT2D eigenvalue weighted by Crippen LogP contribution is -2.36. The van der Waals surface area contributed by atoms with Crippen LogP contribution < -0.4 is 0 Å². The molecular formula is C31H57NO5. The number of ether oxygens (including phenoxy) is 1. The Bertz CT molecular complexity index is 695. The molecule has 6 nitrogen and oxygen atoms in total. The van der Waals surface area contributed by atoms with Gasteiger partial charge in [-0.25, -0.2) is 0 Å². The predicted molar refractivity (Wildman–Crippen MR) is 153 cm³/mol. The zero-order valence-corrected chi connectivity index (χ0v) is 24.9. The van der Waals surface area contributed by atoms with E-state index in [-0.39, 0.29) is 17.9 Å². The van der Waals surface area contributed by atoms with E-state index in [1.165, 1.54) is 24.8 Å². The first-order valence-corrected chi connectivity index (χ1v) is 15.0. The van der Waals surface area contributed by atoms with Gasteiger partial charge in [-0.2, -0.15) is 4.91 Å². The molecule has 37 heavy (non-hydrogen) atoms. The van der Waals surface area contributed by atoms with Crippen LogP contribution in [0.4, 0.5) is 0 Å². The van der Waals surface area contributed by atoms with Gasteiger partial charge in [0.05, 0.1) is 24.2 Å². The summed E-state index contributed by atoms with van der Waals surface area (Å²) in [5, 5.41) is 22.9. The maximum absolute atomic E-state index is 11.5. The molecule has 2 N–H and O–H groups in total. The molecule has 0 spiro atoms. The van der Waals surface area contributed by atoms with Gasteiger partial charge in [-0.3, -0.25) is 4.79 Å². The Morgan fingerprint density at radius 3 is 2.14 bits per heavy atom. The van der Waals surface area contributed by atoms with Crippen molar-refractivity contribution in [2.75, 3.05) is 13.2 Å². The SMILES string of the molecule is CCOCC1C(CCC(C)CCCC(C)CCCC(C)(CCCC(C)C(=O)O)N=O)=CC(O)C(C)C1C. The lowest BCUT2D eigenvalue weighted by Gasteiger charge is -2.38. The van der Waals surface area contributed by atoms with E-state index in [0.29, 0.717) is 36.5 Å². The molecule has 0 heterocycles. The molecule has 0 saturated heterocycles. The van der Waals surface area contributed by atoms with E-state index in [4.69, 9.17) is 9.84 Å². The minimum atomic E-state index is -0.774. The van der Waals surface area contributed by atoms with E-state index in [9.17, 15) is 14.8 Å². The Balaban J connectivity index is 2.34. The molecular weight excluding hydrogens is 466 g/mol. The number of nitroso groups, excluding NO2 is 1. The first kappa shape index (κ1) is 33.8. The van der Waals surface area contributed by atoms with Gasteiger partial charge in [0.1, 0.15) is 0 Å². The number of hydrogen-bond acceptors (Lipinski definition) is 5. The lowest BCUT2D eigenvalue weighted by atomic mass is 9.71. The maximum Gasteiger partial charge on any atom is 0.306 e. The molecule has 8 atom stereocenters. The number of carboxylic acids is 1. The molecule has 1 rings (SSSR count). The van der Waals surface area contributed by atoms with Crippen molar-refractivity contribution in [3.8, 4) is 0 Å². The second kappa shape index (κ2) is 17.3. The van der Waals surface area contributed by atoms with Crippen LogP contribution in [0.1, 0.15) is 119 Å². The summed E-state index contributed by atoms with van der Waals surface area (Å²) < 4.78 is 5.79. The van der Waals surface area contributed by atoms with Crippen LogP contribution in [0, 0.1) is 40.4 Å². The monoisotopic (exact) mass is 523 g/mol. The predicted octanol–water partition coefficient (Wildman–Crippen LogP) is 8.02. The highest BCUT2D eigenvalue weighted by Crippen LogP contribution is 2.38. The third-order valence-electron chi connectivity index (χ3n) is 9.09. The summed E-state index contributed by atoms with van der Waals surface area (Å²) in [6.07, 6.45) is 12.5. The normalized spacial score (nSPS) is 26.1. The standard InChI is InChI=1S/C31H57NO5/c1-8-37-21-28-25(5)26(6)29(33)20-27(28)17-16-23(3)13-9-12-22(2)14-10-18-31(7,32-36)19-11-15-24(4)30(34)35/h20,22-26,28-29,33H,8-19,21H2,1-7H3,(H,34,35). The van der Waals surface area contributed by atoms with Crippen LogP contribution >= 0.6 is 0 Å². The van der Waals surface area contributed by atoms with Crippen molar-refractivity contribution >= 4 is 5.97 Å². The summed E-state index contributed by atoms with van der Waals surface area (Å²) in [6, 6.07) is 0. The summed E-state index contributed by atoms with van der Waals surface area (Å²) in [5.41, 5.74) is 0.805. The van der Waals surface area contributed by atoms with E-state index in [0.717, 1.165) is 51.7 Å². The minimum absolute atomic E-state index is 0.272.